The summed E-state index contributed by atoms with van der Waals surface area (Å²) in [4.78, 5) is 14.0. The standard InChI is InChI=1S/C13H25NO/c1-5-13(6-2)7-8-14(10-13)9-12(15)11(3)4/h11H,5-10H2,1-4H3. The quantitative estimate of drug-likeness (QED) is 0.697. The highest BCUT2D eigenvalue weighted by Crippen LogP contribution is 2.36. The van der Waals surface area contributed by atoms with Crippen LogP contribution in [0.15, 0.2) is 0 Å². The minimum atomic E-state index is 0.184. The molecular weight excluding hydrogens is 186 g/mol. The molecule has 88 valence electrons. The minimum absolute atomic E-state index is 0.184. The number of ketones is 1. The van der Waals surface area contributed by atoms with E-state index >= 15 is 0 Å². The molecule has 1 heterocycles. The van der Waals surface area contributed by atoms with Crippen LogP contribution in [0.1, 0.15) is 47.0 Å². The Morgan fingerprint density at radius 2 is 1.93 bits per heavy atom. The molecule has 1 aliphatic heterocycles. The third-order valence-electron chi connectivity index (χ3n) is 4.04. The molecule has 2 nitrogen and oxygen atoms in total. The Hall–Kier alpha value is -0.370. The Morgan fingerprint density at radius 1 is 1.33 bits per heavy atom. The van der Waals surface area contributed by atoms with E-state index in [-0.39, 0.29) is 5.92 Å². The molecule has 1 saturated heterocycles. The Balaban J connectivity index is 2.46. The Morgan fingerprint density at radius 3 is 2.33 bits per heavy atom. The fraction of sp³-hybridized carbons (Fsp3) is 0.923. The third-order valence-corrected chi connectivity index (χ3v) is 4.04. The van der Waals surface area contributed by atoms with Gasteiger partial charge in [0.15, 0.2) is 0 Å². The van der Waals surface area contributed by atoms with Gasteiger partial charge >= 0.3 is 0 Å². The van der Waals surface area contributed by atoms with Crippen molar-refractivity contribution in [2.75, 3.05) is 19.6 Å². The molecule has 1 rings (SSSR count). The molecule has 15 heavy (non-hydrogen) atoms. The summed E-state index contributed by atoms with van der Waals surface area (Å²) in [5.74, 6) is 0.571. The number of Topliss-reactive ketones (excluding diaryl/α,β-unsaturated/α-hetero) is 1. The molecule has 0 atom stereocenters. The summed E-state index contributed by atoms with van der Waals surface area (Å²) in [5.41, 5.74) is 0.497. The van der Waals surface area contributed by atoms with Gasteiger partial charge in [-0.05, 0) is 31.2 Å². The molecular formula is C13H25NO. The second-order valence-electron chi connectivity index (χ2n) is 5.29. The monoisotopic (exact) mass is 211 g/mol. The summed E-state index contributed by atoms with van der Waals surface area (Å²) < 4.78 is 0. The van der Waals surface area contributed by atoms with Crippen molar-refractivity contribution in [3.8, 4) is 0 Å². The van der Waals surface area contributed by atoms with Gasteiger partial charge in [0.05, 0.1) is 6.54 Å². The van der Waals surface area contributed by atoms with E-state index in [0.717, 1.165) is 13.1 Å². The van der Waals surface area contributed by atoms with E-state index in [0.29, 0.717) is 17.7 Å². The van der Waals surface area contributed by atoms with E-state index in [4.69, 9.17) is 0 Å². The normalized spacial score (nSPS) is 21.1. The molecule has 0 aromatic carbocycles. The van der Waals surface area contributed by atoms with Gasteiger partial charge in [-0.15, -0.1) is 0 Å². The van der Waals surface area contributed by atoms with E-state index in [1.54, 1.807) is 0 Å². The number of rotatable bonds is 5. The zero-order valence-corrected chi connectivity index (χ0v) is 10.7. The predicted molar refractivity (Wildman–Crippen MR) is 63.9 cm³/mol. The van der Waals surface area contributed by atoms with Crippen molar-refractivity contribution >= 4 is 5.78 Å². The van der Waals surface area contributed by atoms with Crippen molar-refractivity contribution in [2.24, 2.45) is 11.3 Å². The van der Waals surface area contributed by atoms with Gasteiger partial charge in [0.1, 0.15) is 5.78 Å². The largest absolute Gasteiger partial charge is 0.298 e. The summed E-state index contributed by atoms with van der Waals surface area (Å²) >= 11 is 0. The molecule has 0 unspecified atom stereocenters. The SMILES string of the molecule is CCC1(CC)CCN(CC(=O)C(C)C)C1. The minimum Gasteiger partial charge on any atom is -0.298 e. The molecule has 0 aromatic heterocycles. The fourth-order valence-corrected chi connectivity index (χ4v) is 2.39. The highest BCUT2D eigenvalue weighted by Gasteiger charge is 2.35. The van der Waals surface area contributed by atoms with Gasteiger partial charge < -0.3 is 0 Å². The molecule has 0 N–H and O–H groups in total. The number of carbonyl (C=O) groups is 1. The van der Waals surface area contributed by atoms with E-state index in [1.165, 1.54) is 19.3 Å². The molecule has 1 aliphatic rings. The van der Waals surface area contributed by atoms with Crippen molar-refractivity contribution in [1.82, 2.24) is 4.90 Å². The number of nitrogens with zero attached hydrogens (tertiary/aromatic N) is 1. The van der Waals surface area contributed by atoms with Gasteiger partial charge in [0.25, 0.3) is 0 Å². The van der Waals surface area contributed by atoms with Gasteiger partial charge in [-0.1, -0.05) is 27.7 Å². The molecule has 0 aromatic rings. The van der Waals surface area contributed by atoms with Gasteiger partial charge in [-0.2, -0.15) is 0 Å². The molecule has 0 bridgehead atoms. The number of carbonyl (C=O) groups excluding carboxylic acids is 1. The van der Waals surface area contributed by atoms with E-state index in [9.17, 15) is 4.79 Å². The molecule has 0 aliphatic carbocycles. The van der Waals surface area contributed by atoms with Gasteiger partial charge in [-0.3, -0.25) is 9.69 Å². The first-order chi connectivity index (χ1) is 7.03. The maximum Gasteiger partial charge on any atom is 0.149 e. The van der Waals surface area contributed by atoms with Crippen LogP contribution >= 0.6 is 0 Å². The Bertz CT molecular complexity index is 219. The molecule has 1 fully saturated rings. The first kappa shape index (κ1) is 12.7. The van der Waals surface area contributed by atoms with E-state index < -0.39 is 0 Å². The highest BCUT2D eigenvalue weighted by atomic mass is 16.1. The average Bonchev–Trinajstić information content (AvgIpc) is 2.62. The van der Waals surface area contributed by atoms with Gasteiger partial charge in [-0.25, -0.2) is 0 Å². The predicted octanol–water partition coefficient (Wildman–Crippen LogP) is 2.72. The maximum atomic E-state index is 11.6. The smallest absolute Gasteiger partial charge is 0.149 e. The topological polar surface area (TPSA) is 20.3 Å². The zero-order valence-electron chi connectivity index (χ0n) is 10.7. The third kappa shape index (κ3) is 3.04. The van der Waals surface area contributed by atoms with Crippen LogP contribution < -0.4 is 0 Å². The van der Waals surface area contributed by atoms with Crippen LogP contribution in [0.25, 0.3) is 0 Å². The lowest BCUT2D eigenvalue weighted by Crippen LogP contribution is -2.32. The van der Waals surface area contributed by atoms with Crippen LogP contribution in [-0.2, 0) is 4.79 Å². The lowest BCUT2D eigenvalue weighted by molar-refractivity contribution is -0.122. The van der Waals surface area contributed by atoms with Crippen LogP contribution in [0.4, 0.5) is 0 Å². The lowest BCUT2D eigenvalue weighted by atomic mass is 9.82. The first-order valence-corrected chi connectivity index (χ1v) is 6.28. The first-order valence-electron chi connectivity index (χ1n) is 6.28. The second kappa shape index (κ2) is 5.11. The second-order valence-corrected chi connectivity index (χ2v) is 5.29. The fourth-order valence-electron chi connectivity index (χ4n) is 2.39. The van der Waals surface area contributed by atoms with Crippen molar-refractivity contribution in [3.63, 3.8) is 0 Å². The molecule has 0 spiro atoms. The van der Waals surface area contributed by atoms with Gasteiger partial charge in [0.2, 0.25) is 0 Å². The van der Waals surface area contributed by atoms with Crippen LogP contribution in [0, 0.1) is 11.3 Å². The maximum absolute atomic E-state index is 11.6. The summed E-state index contributed by atoms with van der Waals surface area (Å²) in [6.07, 6.45) is 3.76. The molecule has 0 saturated carbocycles. The molecule has 0 amide bonds. The number of hydrogen-bond acceptors (Lipinski definition) is 2. The van der Waals surface area contributed by atoms with Crippen molar-refractivity contribution in [3.05, 3.63) is 0 Å². The van der Waals surface area contributed by atoms with Crippen molar-refractivity contribution in [1.29, 1.82) is 0 Å². The average molecular weight is 211 g/mol. The Labute approximate surface area is 94.0 Å². The zero-order chi connectivity index (χ0) is 11.5. The Kier molecular flexibility index (Phi) is 4.32. The summed E-state index contributed by atoms with van der Waals surface area (Å²) in [6, 6.07) is 0. The summed E-state index contributed by atoms with van der Waals surface area (Å²) in [7, 11) is 0. The van der Waals surface area contributed by atoms with Crippen molar-refractivity contribution < 1.29 is 4.79 Å². The van der Waals surface area contributed by atoms with Gasteiger partial charge in [0, 0.05) is 12.5 Å². The molecule has 2 heteroatoms. The number of hydrogen-bond donors (Lipinski definition) is 0. The van der Waals surface area contributed by atoms with Crippen LogP contribution in [-0.4, -0.2) is 30.3 Å². The van der Waals surface area contributed by atoms with E-state index in [2.05, 4.69) is 18.7 Å². The van der Waals surface area contributed by atoms with Crippen molar-refractivity contribution in [2.45, 2.75) is 47.0 Å². The van der Waals surface area contributed by atoms with Crippen LogP contribution in [0.3, 0.4) is 0 Å². The van der Waals surface area contributed by atoms with Crippen LogP contribution in [0.2, 0.25) is 0 Å². The van der Waals surface area contributed by atoms with Crippen LogP contribution in [0.5, 0.6) is 0 Å². The van der Waals surface area contributed by atoms with E-state index in [1.807, 2.05) is 13.8 Å². The lowest BCUT2D eigenvalue weighted by Gasteiger charge is -2.26. The molecule has 0 radical (unpaired) electrons. The summed E-state index contributed by atoms with van der Waals surface area (Å²) in [6.45, 7) is 11.4. The summed E-state index contributed by atoms with van der Waals surface area (Å²) in [5, 5.41) is 0. The highest BCUT2D eigenvalue weighted by molar-refractivity contribution is 5.82. The number of likely N-dealkylation sites (tertiary alicyclic amines) is 1.